The van der Waals surface area contributed by atoms with Crippen molar-refractivity contribution in [1.29, 1.82) is 0 Å². The van der Waals surface area contributed by atoms with Crippen LogP contribution >= 0.6 is 12.4 Å². The molecule has 0 saturated carbocycles. The molecule has 2 saturated heterocycles. The molecule has 2 fully saturated rings. The summed E-state index contributed by atoms with van der Waals surface area (Å²) in [4.78, 5) is 31.7. The lowest BCUT2D eigenvalue weighted by Crippen LogP contribution is -2.64. The molecule has 2 aliphatic heterocycles. The van der Waals surface area contributed by atoms with E-state index in [1.807, 2.05) is 11.8 Å². The summed E-state index contributed by atoms with van der Waals surface area (Å²) < 4.78 is 31.6. The van der Waals surface area contributed by atoms with E-state index in [0.717, 1.165) is 30.2 Å². The average molecular weight is 503 g/mol. The summed E-state index contributed by atoms with van der Waals surface area (Å²) in [5, 5.41) is 0. The van der Waals surface area contributed by atoms with Gasteiger partial charge in [-0.15, -0.1) is 12.4 Å². The first kappa shape index (κ1) is 27.4. The second kappa shape index (κ2) is 11.5. The highest BCUT2D eigenvalue weighted by atomic mass is 35.5. The number of rotatable bonds is 6. The number of sulfonamides is 1. The van der Waals surface area contributed by atoms with E-state index in [-0.39, 0.29) is 41.7 Å². The summed E-state index contributed by atoms with van der Waals surface area (Å²) in [5.41, 5.74) is 0.481. The van der Waals surface area contributed by atoms with Gasteiger partial charge in [-0.05, 0) is 44.5 Å². The maximum absolute atomic E-state index is 13.5. The van der Waals surface area contributed by atoms with Gasteiger partial charge in [0.1, 0.15) is 0 Å². The van der Waals surface area contributed by atoms with Crippen molar-refractivity contribution in [1.82, 2.24) is 19.0 Å². The smallest absolute Gasteiger partial charge is 0.409 e. The fourth-order valence-electron chi connectivity index (χ4n) is 4.58. The van der Waals surface area contributed by atoms with Gasteiger partial charge in [-0.25, -0.2) is 17.5 Å². The number of amides is 2. The predicted molar refractivity (Wildman–Crippen MR) is 128 cm³/mol. The molecule has 11 heteroatoms. The Bertz CT molecular complexity index is 936. The minimum absolute atomic E-state index is 0. The van der Waals surface area contributed by atoms with Gasteiger partial charge in [0.15, 0.2) is 0 Å². The predicted octanol–water partition coefficient (Wildman–Crippen LogP) is 1.66. The Kier molecular flexibility index (Phi) is 9.54. The Morgan fingerprint density at radius 3 is 2.27 bits per heavy atom. The first-order valence-electron chi connectivity index (χ1n) is 11.0. The number of carbonyl (C=O) groups excluding carboxylic acids is 2. The fraction of sp³-hybridized carbons (Fsp3) is 0.636. The molecule has 0 aliphatic carbocycles. The maximum Gasteiger partial charge on any atom is 0.409 e. The molecule has 2 aliphatic rings. The number of likely N-dealkylation sites (tertiary alicyclic amines) is 1. The zero-order chi connectivity index (χ0) is 23.5. The molecule has 0 bridgehead atoms. The molecular formula is C22H35ClN4O5S. The van der Waals surface area contributed by atoms with E-state index in [1.54, 1.807) is 23.1 Å². The number of ether oxygens (including phenoxy) is 1. The van der Waals surface area contributed by atoms with Crippen LogP contribution in [-0.4, -0.2) is 105 Å². The second-order valence-corrected chi connectivity index (χ2v) is 10.8. The Morgan fingerprint density at radius 2 is 1.67 bits per heavy atom. The summed E-state index contributed by atoms with van der Waals surface area (Å²) >= 11 is 0. The zero-order valence-corrected chi connectivity index (χ0v) is 21.4. The van der Waals surface area contributed by atoms with Crippen LogP contribution in [-0.2, 0) is 26.0 Å². The SMILES string of the molecule is COC(=O)N1CCN(C(=O)Cc2ccccc2S(=O)(=O)N(C)C)C(CN2CCCC2)C1C.Cl. The fourth-order valence-corrected chi connectivity index (χ4v) is 5.70. The topological polar surface area (TPSA) is 90.5 Å². The number of hydrogen-bond acceptors (Lipinski definition) is 6. The molecule has 3 rings (SSSR count). The van der Waals surface area contributed by atoms with Crippen LogP contribution in [0.2, 0.25) is 0 Å². The zero-order valence-electron chi connectivity index (χ0n) is 19.8. The molecule has 2 amide bonds. The molecule has 2 heterocycles. The van der Waals surface area contributed by atoms with E-state index in [2.05, 4.69) is 4.90 Å². The van der Waals surface area contributed by atoms with Crippen molar-refractivity contribution >= 4 is 34.4 Å². The number of benzene rings is 1. The third kappa shape index (κ3) is 5.98. The third-order valence-corrected chi connectivity index (χ3v) is 8.39. The third-order valence-electron chi connectivity index (χ3n) is 6.48. The normalized spacial score (nSPS) is 21.7. The number of halogens is 1. The van der Waals surface area contributed by atoms with Crippen molar-refractivity contribution in [3.8, 4) is 0 Å². The van der Waals surface area contributed by atoms with E-state index in [4.69, 9.17) is 4.74 Å². The molecule has 2 unspecified atom stereocenters. The van der Waals surface area contributed by atoms with E-state index in [9.17, 15) is 18.0 Å². The van der Waals surface area contributed by atoms with Crippen molar-refractivity contribution in [2.24, 2.45) is 0 Å². The van der Waals surface area contributed by atoms with Gasteiger partial charge in [0.25, 0.3) is 0 Å². The highest BCUT2D eigenvalue weighted by Crippen LogP contribution is 2.24. The van der Waals surface area contributed by atoms with E-state index >= 15 is 0 Å². The molecule has 186 valence electrons. The van der Waals surface area contributed by atoms with Crippen molar-refractivity contribution in [2.75, 3.05) is 53.9 Å². The van der Waals surface area contributed by atoms with E-state index < -0.39 is 16.1 Å². The molecule has 9 nitrogen and oxygen atoms in total. The number of hydrogen-bond donors (Lipinski definition) is 0. The molecule has 33 heavy (non-hydrogen) atoms. The van der Waals surface area contributed by atoms with Gasteiger partial charge in [-0.3, -0.25) is 4.79 Å². The summed E-state index contributed by atoms with van der Waals surface area (Å²) in [6.45, 7) is 5.35. The number of methoxy groups -OCH3 is 1. The lowest BCUT2D eigenvalue weighted by atomic mass is 10.0. The summed E-state index contributed by atoms with van der Waals surface area (Å²) in [7, 11) is 0.660. The second-order valence-electron chi connectivity index (χ2n) is 8.64. The maximum atomic E-state index is 13.5. The van der Waals surface area contributed by atoms with Crippen LogP contribution < -0.4 is 0 Å². The number of nitrogens with zero attached hydrogens (tertiary/aromatic N) is 4. The molecule has 1 aromatic carbocycles. The van der Waals surface area contributed by atoms with E-state index in [1.165, 1.54) is 27.3 Å². The van der Waals surface area contributed by atoms with Crippen molar-refractivity contribution in [3.05, 3.63) is 29.8 Å². The van der Waals surface area contributed by atoms with Crippen molar-refractivity contribution < 1.29 is 22.7 Å². The summed E-state index contributed by atoms with van der Waals surface area (Å²) in [6.07, 6.45) is 1.86. The Morgan fingerprint density at radius 1 is 1.06 bits per heavy atom. The molecule has 1 aromatic rings. The van der Waals surface area contributed by atoms with Crippen molar-refractivity contribution in [3.63, 3.8) is 0 Å². The van der Waals surface area contributed by atoms with Gasteiger partial charge >= 0.3 is 6.09 Å². The molecule has 0 N–H and O–H groups in total. The van der Waals surface area contributed by atoms with Crippen LogP contribution in [0.3, 0.4) is 0 Å². The van der Waals surface area contributed by atoms with Crippen LogP contribution in [0, 0.1) is 0 Å². The largest absolute Gasteiger partial charge is 0.453 e. The molecule has 0 aromatic heterocycles. The minimum atomic E-state index is -3.67. The molecule has 0 spiro atoms. The monoisotopic (exact) mass is 502 g/mol. The lowest BCUT2D eigenvalue weighted by Gasteiger charge is -2.47. The Labute approximate surface area is 203 Å². The van der Waals surface area contributed by atoms with Crippen LogP contribution in [0.4, 0.5) is 4.79 Å². The van der Waals surface area contributed by atoms with Gasteiger partial charge in [0.2, 0.25) is 15.9 Å². The summed E-state index contributed by atoms with van der Waals surface area (Å²) in [6, 6.07) is 6.25. The molecule has 0 radical (unpaired) electrons. The van der Waals surface area contributed by atoms with Crippen LogP contribution in [0.1, 0.15) is 25.3 Å². The highest BCUT2D eigenvalue weighted by molar-refractivity contribution is 7.89. The standard InChI is InChI=1S/C22H34N4O5S.ClH/c1-17-19(16-24-11-7-8-12-24)26(14-13-25(17)22(28)31-4)21(27)15-18-9-5-6-10-20(18)32(29,30)23(2)3;/h5-6,9-10,17,19H,7-8,11-16H2,1-4H3;1H. The van der Waals surface area contributed by atoms with Gasteiger partial charge in [0, 0.05) is 33.7 Å². The Hall–Kier alpha value is -1.88. The minimum Gasteiger partial charge on any atom is -0.453 e. The molecule has 2 atom stereocenters. The number of piperazine rings is 1. The molecular weight excluding hydrogens is 468 g/mol. The Balaban J connectivity index is 0.00000385. The van der Waals surface area contributed by atoms with Gasteiger partial charge in [-0.1, -0.05) is 18.2 Å². The van der Waals surface area contributed by atoms with Gasteiger partial charge in [0.05, 0.1) is 30.5 Å². The highest BCUT2D eigenvalue weighted by Gasteiger charge is 2.40. The number of carbonyl (C=O) groups is 2. The summed E-state index contributed by atoms with van der Waals surface area (Å²) in [5.74, 6) is -0.132. The first-order chi connectivity index (χ1) is 15.2. The van der Waals surface area contributed by atoms with Gasteiger partial charge in [-0.2, -0.15) is 0 Å². The van der Waals surface area contributed by atoms with Gasteiger partial charge < -0.3 is 19.4 Å². The van der Waals surface area contributed by atoms with Crippen molar-refractivity contribution in [2.45, 2.75) is 43.2 Å². The van der Waals surface area contributed by atoms with E-state index in [0.29, 0.717) is 25.2 Å². The average Bonchev–Trinajstić information content (AvgIpc) is 3.28. The van der Waals surface area contributed by atoms with Crippen LogP contribution in [0.15, 0.2) is 29.2 Å². The lowest BCUT2D eigenvalue weighted by molar-refractivity contribution is -0.137. The quantitative estimate of drug-likeness (QED) is 0.587. The van der Waals surface area contributed by atoms with Crippen LogP contribution in [0.25, 0.3) is 0 Å². The van der Waals surface area contributed by atoms with Crippen LogP contribution in [0.5, 0.6) is 0 Å². The first-order valence-corrected chi connectivity index (χ1v) is 12.5.